The van der Waals surface area contributed by atoms with Crippen LogP contribution in [0.1, 0.15) is 23.6 Å². The standard InChI is InChI=1S/C19H21N3O4S/c1-13-5-7-16(8-6-13)27(25,26)20-19(24)21-10-14-9-15(12-21)17-3-2-4-18(23)22(17)11-14/h2-8,14-15H,9-12H2,1H3,(H,20,24)/t14-,15-/m1/s1. The number of aryl methyl sites for hydroxylation is 1. The van der Waals surface area contributed by atoms with Crippen LogP contribution in [-0.4, -0.2) is 37.0 Å². The quantitative estimate of drug-likeness (QED) is 0.849. The van der Waals surface area contributed by atoms with Crippen molar-refractivity contribution in [1.29, 1.82) is 0 Å². The summed E-state index contributed by atoms with van der Waals surface area (Å²) in [6.07, 6.45) is 0.901. The van der Waals surface area contributed by atoms with Gasteiger partial charge in [-0.25, -0.2) is 17.9 Å². The van der Waals surface area contributed by atoms with Crippen molar-refractivity contribution in [1.82, 2.24) is 14.2 Å². The second kappa shape index (κ2) is 6.53. The van der Waals surface area contributed by atoms with Crippen LogP contribution in [0.2, 0.25) is 0 Å². The molecule has 2 amide bonds. The van der Waals surface area contributed by atoms with Crippen LogP contribution in [0.4, 0.5) is 4.79 Å². The van der Waals surface area contributed by atoms with E-state index in [-0.39, 0.29) is 22.3 Å². The molecule has 1 aromatic carbocycles. The minimum absolute atomic E-state index is 0.0259. The molecule has 142 valence electrons. The van der Waals surface area contributed by atoms with Gasteiger partial charge in [0.1, 0.15) is 0 Å². The summed E-state index contributed by atoms with van der Waals surface area (Å²) in [6.45, 7) is 3.26. The van der Waals surface area contributed by atoms with E-state index in [1.54, 1.807) is 33.7 Å². The Morgan fingerprint density at radius 2 is 1.81 bits per heavy atom. The van der Waals surface area contributed by atoms with Crippen LogP contribution in [0.25, 0.3) is 0 Å². The van der Waals surface area contributed by atoms with Crippen molar-refractivity contribution >= 4 is 16.1 Å². The highest BCUT2D eigenvalue weighted by molar-refractivity contribution is 7.90. The second-order valence-electron chi connectivity index (χ2n) is 7.33. The van der Waals surface area contributed by atoms with Gasteiger partial charge in [0.25, 0.3) is 15.6 Å². The molecule has 2 aliphatic rings. The van der Waals surface area contributed by atoms with E-state index in [1.165, 1.54) is 12.1 Å². The third-order valence-electron chi connectivity index (χ3n) is 5.32. The van der Waals surface area contributed by atoms with Gasteiger partial charge in [-0.3, -0.25) is 4.79 Å². The maximum absolute atomic E-state index is 12.6. The number of carbonyl (C=O) groups is 1. The second-order valence-corrected chi connectivity index (χ2v) is 9.01. The molecule has 0 aliphatic carbocycles. The van der Waals surface area contributed by atoms with Crippen molar-refractivity contribution in [3.63, 3.8) is 0 Å². The summed E-state index contributed by atoms with van der Waals surface area (Å²) in [6, 6.07) is 10.9. The lowest BCUT2D eigenvalue weighted by Crippen LogP contribution is -2.52. The summed E-state index contributed by atoms with van der Waals surface area (Å²) in [5.41, 5.74) is 1.83. The monoisotopic (exact) mass is 387 g/mol. The Morgan fingerprint density at radius 3 is 2.56 bits per heavy atom. The molecule has 1 aromatic heterocycles. The minimum Gasteiger partial charge on any atom is -0.323 e. The Morgan fingerprint density at radius 1 is 1.07 bits per heavy atom. The largest absolute Gasteiger partial charge is 0.331 e. The number of urea groups is 1. The highest BCUT2D eigenvalue weighted by atomic mass is 32.2. The summed E-state index contributed by atoms with van der Waals surface area (Å²) in [5, 5.41) is 0. The molecule has 2 atom stereocenters. The maximum atomic E-state index is 12.6. The van der Waals surface area contributed by atoms with Crippen LogP contribution < -0.4 is 10.3 Å². The zero-order chi connectivity index (χ0) is 19.2. The Labute approximate surface area is 157 Å². The Balaban J connectivity index is 1.53. The molecule has 2 aliphatic heterocycles. The van der Waals surface area contributed by atoms with Crippen molar-refractivity contribution in [2.24, 2.45) is 5.92 Å². The zero-order valence-corrected chi connectivity index (χ0v) is 15.8. The van der Waals surface area contributed by atoms with Gasteiger partial charge in [0.05, 0.1) is 4.90 Å². The number of nitrogens with one attached hydrogen (secondary N) is 1. The lowest BCUT2D eigenvalue weighted by Gasteiger charge is -2.42. The summed E-state index contributed by atoms with van der Waals surface area (Å²) < 4.78 is 28.9. The number of piperidine rings is 1. The van der Waals surface area contributed by atoms with Crippen LogP contribution >= 0.6 is 0 Å². The number of aromatic nitrogens is 1. The number of nitrogens with zero attached hydrogens (tertiary/aromatic N) is 2. The van der Waals surface area contributed by atoms with Crippen molar-refractivity contribution < 1.29 is 13.2 Å². The smallest absolute Gasteiger partial charge is 0.323 e. The highest BCUT2D eigenvalue weighted by Crippen LogP contribution is 2.34. The normalized spacial score (nSPS) is 21.4. The third kappa shape index (κ3) is 3.37. The van der Waals surface area contributed by atoms with E-state index in [1.807, 2.05) is 13.0 Å². The molecule has 2 bridgehead atoms. The molecule has 3 heterocycles. The number of hydrogen-bond acceptors (Lipinski definition) is 4. The van der Waals surface area contributed by atoms with E-state index in [2.05, 4.69) is 4.72 Å². The van der Waals surface area contributed by atoms with E-state index in [0.29, 0.717) is 19.6 Å². The molecule has 0 spiro atoms. The predicted molar refractivity (Wildman–Crippen MR) is 100 cm³/mol. The van der Waals surface area contributed by atoms with E-state index in [9.17, 15) is 18.0 Å². The Bertz CT molecular complexity index is 1040. The van der Waals surface area contributed by atoms with Gasteiger partial charge >= 0.3 is 6.03 Å². The summed E-state index contributed by atoms with van der Waals surface area (Å²) in [5.74, 6) is 0.184. The number of fused-ring (bicyclic) bond motifs is 4. The van der Waals surface area contributed by atoms with E-state index >= 15 is 0 Å². The highest BCUT2D eigenvalue weighted by Gasteiger charge is 2.37. The van der Waals surface area contributed by atoms with Gasteiger partial charge in [0, 0.05) is 37.3 Å². The first-order valence-electron chi connectivity index (χ1n) is 8.91. The summed E-state index contributed by atoms with van der Waals surface area (Å²) >= 11 is 0. The summed E-state index contributed by atoms with van der Waals surface area (Å²) in [4.78, 5) is 26.3. The third-order valence-corrected chi connectivity index (χ3v) is 6.66. The fourth-order valence-corrected chi connectivity index (χ4v) is 4.99. The zero-order valence-electron chi connectivity index (χ0n) is 15.0. The molecule has 1 fully saturated rings. The molecular formula is C19H21N3O4S. The molecule has 0 unspecified atom stereocenters. The van der Waals surface area contributed by atoms with Crippen molar-refractivity contribution in [3.8, 4) is 0 Å². The van der Waals surface area contributed by atoms with Crippen molar-refractivity contribution in [3.05, 3.63) is 64.1 Å². The predicted octanol–water partition coefficient (Wildman–Crippen LogP) is 1.67. The molecular weight excluding hydrogens is 366 g/mol. The van der Waals surface area contributed by atoms with Gasteiger partial charge in [0.15, 0.2) is 0 Å². The molecule has 0 saturated carbocycles. The number of sulfonamides is 1. The van der Waals surface area contributed by atoms with E-state index in [0.717, 1.165) is 17.7 Å². The van der Waals surface area contributed by atoms with E-state index in [4.69, 9.17) is 0 Å². The number of pyridine rings is 1. The Hall–Kier alpha value is -2.61. The summed E-state index contributed by atoms with van der Waals surface area (Å²) in [7, 11) is -3.91. The number of hydrogen-bond donors (Lipinski definition) is 1. The van der Waals surface area contributed by atoms with Gasteiger partial charge in [-0.15, -0.1) is 0 Å². The average molecular weight is 387 g/mol. The van der Waals surface area contributed by atoms with Gasteiger partial charge in [-0.1, -0.05) is 23.8 Å². The van der Waals surface area contributed by atoms with Crippen molar-refractivity contribution in [2.75, 3.05) is 13.1 Å². The Kier molecular flexibility index (Phi) is 4.30. The molecule has 1 N–H and O–H groups in total. The topological polar surface area (TPSA) is 88.5 Å². The SMILES string of the molecule is Cc1ccc(S(=O)(=O)NC(=O)N2C[C@H]3C[C@H](C2)c2cccc(=O)n2C3)cc1. The van der Waals surface area contributed by atoms with Crippen LogP contribution in [-0.2, 0) is 16.6 Å². The van der Waals surface area contributed by atoms with Crippen LogP contribution in [0.3, 0.4) is 0 Å². The van der Waals surface area contributed by atoms with E-state index < -0.39 is 16.1 Å². The van der Waals surface area contributed by atoms with Gasteiger partial charge in [-0.2, -0.15) is 0 Å². The molecule has 27 heavy (non-hydrogen) atoms. The fraction of sp³-hybridized carbons (Fsp3) is 0.368. The first-order valence-corrected chi connectivity index (χ1v) is 10.4. The number of amides is 2. The van der Waals surface area contributed by atoms with Crippen LogP contribution in [0.5, 0.6) is 0 Å². The van der Waals surface area contributed by atoms with Gasteiger partial charge in [0.2, 0.25) is 0 Å². The molecule has 0 radical (unpaired) electrons. The first kappa shape index (κ1) is 17.8. The molecule has 2 aromatic rings. The lowest BCUT2D eigenvalue weighted by molar-refractivity contribution is 0.134. The first-order chi connectivity index (χ1) is 12.8. The van der Waals surface area contributed by atoms with Crippen LogP contribution in [0.15, 0.2) is 52.2 Å². The lowest BCUT2D eigenvalue weighted by atomic mass is 9.83. The molecule has 1 saturated heterocycles. The van der Waals surface area contributed by atoms with Crippen molar-refractivity contribution in [2.45, 2.75) is 30.7 Å². The molecule has 4 rings (SSSR count). The minimum atomic E-state index is -3.91. The number of carbonyl (C=O) groups excluding carboxylic acids is 1. The fourth-order valence-electron chi connectivity index (χ4n) is 4.02. The maximum Gasteiger partial charge on any atom is 0.331 e. The molecule has 8 heteroatoms. The number of rotatable bonds is 2. The molecule has 7 nitrogen and oxygen atoms in total. The number of benzene rings is 1. The number of likely N-dealkylation sites (tertiary alicyclic amines) is 1. The van der Waals surface area contributed by atoms with Crippen LogP contribution in [0, 0.1) is 12.8 Å². The average Bonchev–Trinajstić information content (AvgIpc) is 2.62. The van der Waals surface area contributed by atoms with Gasteiger partial charge < -0.3 is 9.47 Å². The van der Waals surface area contributed by atoms with Gasteiger partial charge in [-0.05, 0) is 37.5 Å².